The van der Waals surface area contributed by atoms with E-state index in [0.29, 0.717) is 17.9 Å². The molecule has 0 amide bonds. The fraction of sp³-hybridized carbons (Fsp3) is 0.182. The maximum atomic E-state index is 13.1. The van der Waals surface area contributed by atoms with Crippen LogP contribution in [-0.2, 0) is 0 Å². The smallest absolute Gasteiger partial charge is 0.337 e. The fourth-order valence-electron chi connectivity index (χ4n) is 1.23. The highest BCUT2D eigenvalue weighted by atomic mass is 35.5. The minimum absolute atomic E-state index is 0.0553. The Morgan fingerprint density at radius 3 is 2.81 bits per heavy atom. The maximum Gasteiger partial charge on any atom is 0.337 e. The number of hydrogen-bond acceptors (Lipinski definition) is 2. The summed E-state index contributed by atoms with van der Waals surface area (Å²) in [5, 5.41) is 8.79. The highest BCUT2D eigenvalue weighted by molar-refractivity contribution is 6.17. The summed E-state index contributed by atoms with van der Waals surface area (Å²) in [4.78, 5) is 10.8. The number of halogens is 2. The second-order valence-corrected chi connectivity index (χ2v) is 3.52. The third kappa shape index (κ3) is 2.97. The molecule has 3 nitrogen and oxygen atoms in total. The van der Waals surface area contributed by atoms with Crippen LogP contribution in [0, 0.1) is 5.82 Å². The number of alkyl halides is 1. The Balaban J connectivity index is 3.14. The van der Waals surface area contributed by atoms with Crippen LogP contribution in [0.15, 0.2) is 18.2 Å². The highest BCUT2D eigenvalue weighted by Crippen LogP contribution is 2.21. The largest absolute Gasteiger partial charge is 0.478 e. The minimum atomic E-state index is -1.25. The lowest BCUT2D eigenvalue weighted by Gasteiger charge is -2.05. The fourth-order valence-corrected chi connectivity index (χ4v) is 1.35. The molecule has 0 aliphatic rings. The molecule has 16 heavy (non-hydrogen) atoms. The Morgan fingerprint density at radius 1 is 1.56 bits per heavy atom. The summed E-state index contributed by atoms with van der Waals surface area (Å²) >= 11 is 5.47. The minimum Gasteiger partial charge on any atom is -0.478 e. The Kier molecular flexibility index (Phi) is 4.31. The van der Waals surface area contributed by atoms with E-state index >= 15 is 0 Å². The lowest BCUT2D eigenvalue weighted by molar-refractivity contribution is 0.0697. The Bertz CT molecular complexity index is 432. The molecule has 1 aromatic carbocycles. The Hall–Kier alpha value is -1.55. The SMILES string of the molecule is Nc1c(C=CCCCl)cc(F)cc1C(=O)O. The predicted octanol–water partition coefficient (Wildman–Crippen LogP) is 2.75. The number of aromatic carboxylic acids is 1. The topological polar surface area (TPSA) is 63.3 Å². The molecular formula is C11H11ClFNO2. The lowest BCUT2D eigenvalue weighted by Crippen LogP contribution is -2.05. The van der Waals surface area contributed by atoms with Gasteiger partial charge in [-0.2, -0.15) is 0 Å². The van der Waals surface area contributed by atoms with Crippen molar-refractivity contribution in [2.24, 2.45) is 0 Å². The molecule has 0 atom stereocenters. The first kappa shape index (κ1) is 12.5. The van der Waals surface area contributed by atoms with Crippen molar-refractivity contribution in [1.29, 1.82) is 0 Å². The van der Waals surface area contributed by atoms with Gasteiger partial charge in [0.25, 0.3) is 0 Å². The summed E-state index contributed by atoms with van der Waals surface area (Å²) in [5.41, 5.74) is 5.78. The second-order valence-electron chi connectivity index (χ2n) is 3.14. The average Bonchev–Trinajstić information content (AvgIpc) is 2.22. The van der Waals surface area contributed by atoms with Crippen molar-refractivity contribution in [3.8, 4) is 0 Å². The van der Waals surface area contributed by atoms with Gasteiger partial charge in [0.1, 0.15) is 5.82 Å². The van der Waals surface area contributed by atoms with E-state index in [1.807, 2.05) is 0 Å². The molecule has 0 spiro atoms. The monoisotopic (exact) mass is 243 g/mol. The molecule has 0 unspecified atom stereocenters. The lowest BCUT2D eigenvalue weighted by atomic mass is 10.1. The first-order valence-electron chi connectivity index (χ1n) is 4.61. The van der Waals surface area contributed by atoms with Gasteiger partial charge in [0, 0.05) is 11.4 Å². The molecule has 1 aromatic rings. The third-order valence-corrected chi connectivity index (χ3v) is 2.20. The summed E-state index contributed by atoms with van der Waals surface area (Å²) in [6, 6.07) is 2.09. The second kappa shape index (κ2) is 5.51. The standard InChI is InChI=1S/C11H11ClFNO2/c12-4-2-1-3-7-5-8(13)6-9(10(7)14)11(15)16/h1,3,5-6H,2,4,14H2,(H,15,16). The molecule has 0 heterocycles. The number of rotatable bonds is 4. The van der Waals surface area contributed by atoms with Crippen molar-refractivity contribution in [3.63, 3.8) is 0 Å². The van der Waals surface area contributed by atoms with E-state index < -0.39 is 11.8 Å². The van der Waals surface area contributed by atoms with Gasteiger partial charge in [-0.25, -0.2) is 9.18 Å². The van der Waals surface area contributed by atoms with E-state index in [0.717, 1.165) is 6.07 Å². The van der Waals surface area contributed by atoms with E-state index in [-0.39, 0.29) is 11.3 Å². The van der Waals surface area contributed by atoms with Crippen LogP contribution in [0.5, 0.6) is 0 Å². The van der Waals surface area contributed by atoms with Crippen molar-refractivity contribution in [3.05, 3.63) is 35.2 Å². The van der Waals surface area contributed by atoms with Gasteiger partial charge in [0.2, 0.25) is 0 Å². The molecule has 0 aliphatic heterocycles. The van der Waals surface area contributed by atoms with Crippen LogP contribution in [0.3, 0.4) is 0 Å². The summed E-state index contributed by atoms with van der Waals surface area (Å²) in [6.07, 6.45) is 3.89. The number of nitrogen functional groups attached to an aromatic ring is 1. The molecule has 0 aliphatic carbocycles. The first-order valence-corrected chi connectivity index (χ1v) is 5.14. The maximum absolute atomic E-state index is 13.1. The molecule has 0 aromatic heterocycles. The van der Waals surface area contributed by atoms with Gasteiger partial charge >= 0.3 is 5.97 Å². The Morgan fingerprint density at radius 2 is 2.25 bits per heavy atom. The van der Waals surface area contributed by atoms with Crippen LogP contribution in [0.2, 0.25) is 0 Å². The molecule has 5 heteroatoms. The number of anilines is 1. The van der Waals surface area contributed by atoms with Crippen molar-refractivity contribution in [2.45, 2.75) is 6.42 Å². The summed E-state index contributed by atoms with van der Waals surface area (Å²) in [7, 11) is 0. The normalized spacial score (nSPS) is 10.9. The number of nitrogens with two attached hydrogens (primary N) is 1. The summed E-state index contributed by atoms with van der Waals surface area (Å²) < 4.78 is 13.1. The van der Waals surface area contributed by atoms with Gasteiger partial charge in [-0.05, 0) is 18.6 Å². The van der Waals surface area contributed by atoms with Crippen molar-refractivity contribution >= 4 is 29.3 Å². The molecule has 1 rings (SSSR count). The number of allylic oxidation sites excluding steroid dienone is 1. The van der Waals surface area contributed by atoms with E-state index in [2.05, 4.69) is 0 Å². The number of carbonyl (C=O) groups is 1. The molecular weight excluding hydrogens is 233 g/mol. The van der Waals surface area contributed by atoms with Crippen LogP contribution < -0.4 is 5.73 Å². The summed E-state index contributed by atoms with van der Waals surface area (Å²) in [5.74, 6) is -1.43. The predicted molar refractivity (Wildman–Crippen MR) is 62.1 cm³/mol. The highest BCUT2D eigenvalue weighted by Gasteiger charge is 2.12. The number of hydrogen-bond donors (Lipinski definition) is 2. The van der Waals surface area contributed by atoms with Crippen LogP contribution in [0.25, 0.3) is 6.08 Å². The molecule has 86 valence electrons. The Labute approximate surface area is 97.3 Å². The number of carboxylic acids is 1. The zero-order valence-corrected chi connectivity index (χ0v) is 9.17. The van der Waals surface area contributed by atoms with E-state index in [9.17, 15) is 9.18 Å². The van der Waals surface area contributed by atoms with Crippen molar-refractivity contribution in [1.82, 2.24) is 0 Å². The van der Waals surface area contributed by atoms with Gasteiger partial charge in [-0.15, -0.1) is 11.6 Å². The van der Waals surface area contributed by atoms with E-state index in [4.69, 9.17) is 22.4 Å². The zero-order chi connectivity index (χ0) is 12.1. The van der Waals surface area contributed by atoms with Gasteiger partial charge in [-0.1, -0.05) is 12.2 Å². The number of benzene rings is 1. The van der Waals surface area contributed by atoms with Crippen LogP contribution in [0.1, 0.15) is 22.3 Å². The zero-order valence-electron chi connectivity index (χ0n) is 8.41. The van der Waals surface area contributed by atoms with E-state index in [1.54, 1.807) is 12.2 Å². The molecule has 0 fully saturated rings. The van der Waals surface area contributed by atoms with Crippen molar-refractivity contribution in [2.75, 3.05) is 11.6 Å². The average molecular weight is 244 g/mol. The third-order valence-electron chi connectivity index (χ3n) is 1.98. The van der Waals surface area contributed by atoms with Gasteiger partial charge in [-0.3, -0.25) is 0 Å². The van der Waals surface area contributed by atoms with Crippen LogP contribution >= 0.6 is 11.6 Å². The van der Waals surface area contributed by atoms with Crippen molar-refractivity contribution < 1.29 is 14.3 Å². The van der Waals surface area contributed by atoms with Crippen LogP contribution in [0.4, 0.5) is 10.1 Å². The van der Waals surface area contributed by atoms with Crippen LogP contribution in [-0.4, -0.2) is 17.0 Å². The molecule has 0 bridgehead atoms. The first-order chi connectivity index (χ1) is 7.56. The molecule has 0 saturated carbocycles. The van der Waals surface area contributed by atoms with Gasteiger partial charge in [0.15, 0.2) is 0 Å². The quantitative estimate of drug-likeness (QED) is 0.631. The number of carboxylic acid groups (broad SMARTS) is 1. The van der Waals surface area contributed by atoms with E-state index in [1.165, 1.54) is 6.07 Å². The van der Waals surface area contributed by atoms with Gasteiger partial charge in [0.05, 0.1) is 11.3 Å². The van der Waals surface area contributed by atoms with Gasteiger partial charge < -0.3 is 10.8 Å². The molecule has 0 saturated heterocycles. The summed E-state index contributed by atoms with van der Waals surface area (Å²) in [6.45, 7) is 0. The molecule has 3 N–H and O–H groups in total. The molecule has 0 radical (unpaired) electrons.